The summed E-state index contributed by atoms with van der Waals surface area (Å²) in [6, 6.07) is 10.2. The number of nitrogens with zero attached hydrogens (tertiary/aromatic N) is 1. The van der Waals surface area contributed by atoms with Gasteiger partial charge in [-0.05, 0) is 17.7 Å². The van der Waals surface area contributed by atoms with Crippen LogP contribution in [0.25, 0.3) is 0 Å². The van der Waals surface area contributed by atoms with E-state index < -0.39 is 4.92 Å². The van der Waals surface area contributed by atoms with E-state index in [1.54, 1.807) is 18.4 Å². The van der Waals surface area contributed by atoms with Crippen LogP contribution in [-0.4, -0.2) is 4.92 Å². The third-order valence-electron chi connectivity index (χ3n) is 2.36. The predicted molar refractivity (Wildman–Crippen MR) is 69.6 cm³/mol. The van der Waals surface area contributed by atoms with Crippen LogP contribution in [0.1, 0.15) is 11.3 Å². The van der Waals surface area contributed by atoms with Gasteiger partial charge in [0.1, 0.15) is 5.76 Å². The highest BCUT2D eigenvalue weighted by Gasteiger charge is 2.03. The Morgan fingerprint density at radius 1 is 1.17 bits per heavy atom. The van der Waals surface area contributed by atoms with E-state index in [1.807, 2.05) is 12.1 Å². The fraction of sp³-hybridized carbons (Fsp3) is 0.167. The Morgan fingerprint density at radius 3 is 2.44 bits per heavy atom. The number of benzene rings is 1. The molecule has 1 aromatic heterocycles. The van der Waals surface area contributed by atoms with Crippen molar-refractivity contribution in [1.82, 2.24) is 5.32 Å². The molecule has 96 valence electrons. The van der Waals surface area contributed by atoms with Gasteiger partial charge in [-0.1, -0.05) is 12.1 Å². The number of rotatable bonds is 5. The monoisotopic (exact) mass is 268 g/mol. The minimum atomic E-state index is -0.403. The van der Waals surface area contributed by atoms with Crippen molar-refractivity contribution in [2.24, 2.45) is 0 Å². The fourth-order valence-electron chi connectivity index (χ4n) is 1.48. The highest BCUT2D eigenvalue weighted by Crippen LogP contribution is 2.11. The first kappa shape index (κ1) is 14.2. The van der Waals surface area contributed by atoms with Crippen molar-refractivity contribution in [1.29, 1.82) is 0 Å². The summed E-state index contributed by atoms with van der Waals surface area (Å²) in [6.07, 6.45) is 1.63. The van der Waals surface area contributed by atoms with Gasteiger partial charge in [-0.3, -0.25) is 10.1 Å². The number of nitro groups is 1. The number of nitrogens with one attached hydrogen (secondary N) is 1. The smallest absolute Gasteiger partial charge is 0.269 e. The van der Waals surface area contributed by atoms with E-state index in [2.05, 4.69) is 5.32 Å². The summed E-state index contributed by atoms with van der Waals surface area (Å²) in [7, 11) is 0. The predicted octanol–water partition coefficient (Wildman–Crippen LogP) is 2.90. The van der Waals surface area contributed by atoms with Gasteiger partial charge >= 0.3 is 0 Å². The van der Waals surface area contributed by atoms with Crippen molar-refractivity contribution >= 4 is 18.1 Å². The fourth-order valence-corrected chi connectivity index (χ4v) is 1.48. The molecule has 6 heteroatoms. The molecule has 0 aliphatic rings. The molecule has 0 bridgehead atoms. The maximum absolute atomic E-state index is 10.5. The van der Waals surface area contributed by atoms with Crippen molar-refractivity contribution < 1.29 is 9.34 Å². The van der Waals surface area contributed by atoms with Gasteiger partial charge in [-0.25, -0.2) is 0 Å². The number of non-ortho nitro benzene ring substituents is 1. The van der Waals surface area contributed by atoms with Crippen LogP contribution in [0.3, 0.4) is 0 Å². The van der Waals surface area contributed by atoms with Crippen LogP contribution in [0.5, 0.6) is 0 Å². The van der Waals surface area contributed by atoms with E-state index in [0.29, 0.717) is 13.1 Å². The van der Waals surface area contributed by atoms with Crippen molar-refractivity contribution in [2.45, 2.75) is 13.1 Å². The average molecular weight is 269 g/mol. The van der Waals surface area contributed by atoms with Gasteiger partial charge in [0.2, 0.25) is 0 Å². The zero-order valence-electron chi connectivity index (χ0n) is 9.54. The molecule has 2 rings (SSSR count). The van der Waals surface area contributed by atoms with Crippen molar-refractivity contribution in [3.63, 3.8) is 0 Å². The van der Waals surface area contributed by atoms with Gasteiger partial charge in [0, 0.05) is 18.7 Å². The lowest BCUT2D eigenvalue weighted by Gasteiger charge is -2.02. The Bertz CT molecular complexity index is 483. The Kier molecular flexibility index (Phi) is 5.35. The molecule has 0 atom stereocenters. The van der Waals surface area contributed by atoms with E-state index >= 15 is 0 Å². The molecule has 1 heterocycles. The van der Waals surface area contributed by atoms with Crippen molar-refractivity contribution in [3.8, 4) is 0 Å². The van der Waals surface area contributed by atoms with Crippen LogP contribution in [0.4, 0.5) is 5.69 Å². The second-order valence-corrected chi connectivity index (χ2v) is 3.61. The van der Waals surface area contributed by atoms with Crippen LogP contribution in [0, 0.1) is 10.1 Å². The summed E-state index contributed by atoms with van der Waals surface area (Å²) in [4.78, 5) is 10.1. The first-order valence-electron chi connectivity index (χ1n) is 5.22. The third-order valence-corrected chi connectivity index (χ3v) is 2.36. The average Bonchev–Trinajstić information content (AvgIpc) is 2.83. The van der Waals surface area contributed by atoms with Crippen LogP contribution in [-0.2, 0) is 13.1 Å². The number of hydrogen-bond donors (Lipinski definition) is 1. The molecular formula is C12H13ClN2O3. The third kappa shape index (κ3) is 3.87. The maximum atomic E-state index is 10.5. The molecule has 2 aromatic rings. The normalized spacial score (nSPS) is 9.78. The van der Waals surface area contributed by atoms with Gasteiger partial charge < -0.3 is 9.73 Å². The van der Waals surface area contributed by atoms with Gasteiger partial charge in [0.15, 0.2) is 0 Å². The van der Waals surface area contributed by atoms with Crippen LogP contribution in [0.2, 0.25) is 0 Å². The molecule has 0 unspecified atom stereocenters. The van der Waals surface area contributed by atoms with Crippen molar-refractivity contribution in [3.05, 3.63) is 64.1 Å². The largest absolute Gasteiger partial charge is 0.468 e. The second kappa shape index (κ2) is 6.78. The summed E-state index contributed by atoms with van der Waals surface area (Å²) in [5.41, 5.74) is 1.11. The number of hydrogen-bond acceptors (Lipinski definition) is 4. The minimum absolute atomic E-state index is 0. The first-order valence-corrected chi connectivity index (χ1v) is 5.22. The number of halogens is 1. The molecule has 0 aliphatic heterocycles. The van der Waals surface area contributed by atoms with E-state index in [9.17, 15) is 10.1 Å². The molecule has 18 heavy (non-hydrogen) atoms. The van der Waals surface area contributed by atoms with Gasteiger partial charge in [0.05, 0.1) is 17.7 Å². The molecule has 0 aliphatic carbocycles. The summed E-state index contributed by atoms with van der Waals surface area (Å²) in [6.45, 7) is 1.29. The Hall–Kier alpha value is -1.85. The van der Waals surface area contributed by atoms with E-state index in [4.69, 9.17) is 4.42 Å². The molecular weight excluding hydrogens is 256 g/mol. The first-order chi connectivity index (χ1) is 8.25. The SMILES string of the molecule is Cl.O=[N+]([O-])c1ccc(CNCc2ccco2)cc1. The molecule has 0 spiro atoms. The van der Waals surface area contributed by atoms with E-state index in [-0.39, 0.29) is 18.1 Å². The summed E-state index contributed by atoms with van der Waals surface area (Å²) >= 11 is 0. The molecule has 0 fully saturated rings. The Morgan fingerprint density at radius 2 is 1.89 bits per heavy atom. The van der Waals surface area contributed by atoms with E-state index in [0.717, 1.165) is 11.3 Å². The van der Waals surface area contributed by atoms with E-state index in [1.165, 1.54) is 12.1 Å². The number of furan rings is 1. The standard InChI is InChI=1S/C12H12N2O3.ClH/c15-14(16)11-5-3-10(4-6-11)8-13-9-12-2-1-7-17-12;/h1-7,13H,8-9H2;1H. The topological polar surface area (TPSA) is 68.3 Å². The van der Waals surface area contributed by atoms with Crippen LogP contribution in [0.15, 0.2) is 47.1 Å². The lowest BCUT2D eigenvalue weighted by molar-refractivity contribution is -0.384. The summed E-state index contributed by atoms with van der Waals surface area (Å²) in [5, 5.41) is 13.6. The summed E-state index contributed by atoms with van der Waals surface area (Å²) in [5.74, 6) is 0.868. The molecule has 0 saturated carbocycles. The minimum Gasteiger partial charge on any atom is -0.468 e. The van der Waals surface area contributed by atoms with Crippen LogP contribution >= 0.6 is 12.4 Å². The van der Waals surface area contributed by atoms with Gasteiger partial charge in [-0.15, -0.1) is 12.4 Å². The summed E-state index contributed by atoms with van der Waals surface area (Å²) < 4.78 is 5.17. The Balaban J connectivity index is 0.00000162. The highest BCUT2D eigenvalue weighted by molar-refractivity contribution is 5.85. The number of nitro benzene ring substituents is 1. The quantitative estimate of drug-likeness (QED) is 0.669. The molecule has 0 amide bonds. The van der Waals surface area contributed by atoms with Crippen LogP contribution < -0.4 is 5.32 Å². The lowest BCUT2D eigenvalue weighted by Crippen LogP contribution is -2.11. The molecule has 1 aromatic carbocycles. The second-order valence-electron chi connectivity index (χ2n) is 3.61. The maximum Gasteiger partial charge on any atom is 0.269 e. The molecule has 5 nitrogen and oxygen atoms in total. The lowest BCUT2D eigenvalue weighted by atomic mass is 10.2. The van der Waals surface area contributed by atoms with Gasteiger partial charge in [-0.2, -0.15) is 0 Å². The molecule has 0 radical (unpaired) electrons. The molecule has 1 N–H and O–H groups in total. The van der Waals surface area contributed by atoms with Crippen molar-refractivity contribution in [2.75, 3.05) is 0 Å². The molecule has 0 saturated heterocycles. The van der Waals surface area contributed by atoms with Gasteiger partial charge in [0.25, 0.3) is 5.69 Å². The zero-order valence-corrected chi connectivity index (χ0v) is 10.4. The zero-order chi connectivity index (χ0) is 12.1. The Labute approximate surface area is 110 Å². The highest BCUT2D eigenvalue weighted by atomic mass is 35.5.